The molecule has 1 N–H and O–H groups in total. The summed E-state index contributed by atoms with van der Waals surface area (Å²) in [5.74, 6) is -0.186. The van der Waals surface area contributed by atoms with Gasteiger partial charge < -0.3 is 14.6 Å². The van der Waals surface area contributed by atoms with E-state index >= 15 is 0 Å². The van der Waals surface area contributed by atoms with Crippen molar-refractivity contribution in [2.75, 3.05) is 40.0 Å². The lowest BCUT2D eigenvalue weighted by atomic mass is 10.2. The van der Waals surface area contributed by atoms with Gasteiger partial charge in [-0.05, 0) is 0 Å². The number of ether oxygens (including phenoxy) is 2. The molecule has 0 aromatic heterocycles. The van der Waals surface area contributed by atoms with E-state index in [-0.39, 0.29) is 18.6 Å². The molecule has 1 aliphatic rings. The predicted octanol–water partition coefficient (Wildman–Crippen LogP) is -0.757. The maximum atomic E-state index is 11.3. The first-order valence-electron chi connectivity index (χ1n) is 4.80. The fraction of sp³-hybridized carbons (Fsp3) is 0.889. The Morgan fingerprint density at radius 3 is 2.93 bits per heavy atom. The summed E-state index contributed by atoms with van der Waals surface area (Å²) in [5, 5.41) is 8.85. The van der Waals surface area contributed by atoms with E-state index in [1.807, 2.05) is 4.90 Å². The van der Waals surface area contributed by atoms with Crippen LogP contribution in [0.4, 0.5) is 0 Å². The van der Waals surface area contributed by atoms with Crippen molar-refractivity contribution in [1.82, 2.24) is 4.90 Å². The number of hydrogen-bond donors (Lipinski definition) is 1. The average Bonchev–Trinajstić information content (AvgIpc) is 2.59. The molecule has 14 heavy (non-hydrogen) atoms. The molecule has 0 amide bonds. The minimum absolute atomic E-state index is 0.0491. The third-order valence-electron chi connectivity index (χ3n) is 2.32. The Bertz CT molecular complexity index is 186. The molecule has 0 aromatic carbocycles. The lowest BCUT2D eigenvalue weighted by molar-refractivity contribution is -0.142. The lowest BCUT2D eigenvalue weighted by Gasteiger charge is -2.24. The van der Waals surface area contributed by atoms with Crippen LogP contribution in [-0.4, -0.2) is 62.0 Å². The van der Waals surface area contributed by atoms with E-state index in [1.54, 1.807) is 7.11 Å². The molecule has 0 bridgehead atoms. The number of cyclic esters (lactones) is 1. The van der Waals surface area contributed by atoms with Crippen LogP contribution < -0.4 is 0 Å². The van der Waals surface area contributed by atoms with Crippen LogP contribution in [0.2, 0.25) is 0 Å². The molecular formula is C9H17NO4. The summed E-state index contributed by atoms with van der Waals surface area (Å²) in [6, 6.07) is -0.197. The normalized spacial score (nSPS) is 21.6. The van der Waals surface area contributed by atoms with Crippen LogP contribution in [0.25, 0.3) is 0 Å². The van der Waals surface area contributed by atoms with Gasteiger partial charge in [0.1, 0.15) is 6.04 Å². The van der Waals surface area contributed by atoms with E-state index in [2.05, 4.69) is 0 Å². The van der Waals surface area contributed by atoms with Crippen LogP contribution in [0.1, 0.15) is 6.42 Å². The van der Waals surface area contributed by atoms with Gasteiger partial charge in [0, 0.05) is 26.6 Å². The van der Waals surface area contributed by atoms with Gasteiger partial charge >= 0.3 is 5.97 Å². The third kappa shape index (κ3) is 2.94. The van der Waals surface area contributed by atoms with Crippen molar-refractivity contribution in [2.45, 2.75) is 12.5 Å². The van der Waals surface area contributed by atoms with Gasteiger partial charge in [-0.25, -0.2) is 0 Å². The zero-order valence-electron chi connectivity index (χ0n) is 8.44. The van der Waals surface area contributed by atoms with Crippen LogP contribution in [0.3, 0.4) is 0 Å². The largest absolute Gasteiger partial charge is 0.464 e. The highest BCUT2D eigenvalue weighted by molar-refractivity contribution is 5.77. The maximum absolute atomic E-state index is 11.3. The Morgan fingerprint density at radius 1 is 1.64 bits per heavy atom. The summed E-state index contributed by atoms with van der Waals surface area (Å²) >= 11 is 0. The van der Waals surface area contributed by atoms with Crippen molar-refractivity contribution in [3.8, 4) is 0 Å². The van der Waals surface area contributed by atoms with Crippen LogP contribution >= 0.6 is 0 Å². The first-order valence-corrected chi connectivity index (χ1v) is 4.80. The second-order valence-corrected chi connectivity index (χ2v) is 3.22. The predicted molar refractivity (Wildman–Crippen MR) is 49.9 cm³/mol. The fourth-order valence-corrected chi connectivity index (χ4v) is 1.58. The van der Waals surface area contributed by atoms with Crippen molar-refractivity contribution in [3.05, 3.63) is 0 Å². The van der Waals surface area contributed by atoms with Gasteiger partial charge in [-0.1, -0.05) is 0 Å². The molecule has 1 atom stereocenters. The van der Waals surface area contributed by atoms with E-state index in [0.717, 1.165) is 0 Å². The fourth-order valence-electron chi connectivity index (χ4n) is 1.58. The summed E-state index contributed by atoms with van der Waals surface area (Å²) in [4.78, 5) is 13.2. The van der Waals surface area contributed by atoms with E-state index in [1.165, 1.54) is 0 Å². The molecule has 1 fully saturated rings. The number of hydrogen-bond acceptors (Lipinski definition) is 5. The Balaban J connectivity index is 2.43. The zero-order chi connectivity index (χ0) is 10.4. The van der Waals surface area contributed by atoms with Gasteiger partial charge in [-0.3, -0.25) is 9.69 Å². The SMILES string of the molecule is COCCN(CCO)C1CCOC1=O. The standard InChI is InChI=1S/C9H17NO4/c1-13-7-4-10(3-5-11)8-2-6-14-9(8)12/h8,11H,2-7H2,1H3. The van der Waals surface area contributed by atoms with Crippen molar-refractivity contribution >= 4 is 5.97 Å². The molecule has 0 spiro atoms. The minimum atomic E-state index is -0.197. The Labute approximate surface area is 83.6 Å². The first kappa shape index (κ1) is 11.4. The first-order chi connectivity index (χ1) is 6.79. The Hall–Kier alpha value is -0.650. The number of carbonyl (C=O) groups is 1. The molecule has 5 nitrogen and oxygen atoms in total. The number of aliphatic hydroxyl groups is 1. The summed E-state index contributed by atoms with van der Waals surface area (Å²) in [6.07, 6.45) is 0.711. The summed E-state index contributed by atoms with van der Waals surface area (Å²) in [5.41, 5.74) is 0. The van der Waals surface area contributed by atoms with Crippen molar-refractivity contribution in [2.24, 2.45) is 0 Å². The quantitative estimate of drug-likeness (QED) is 0.575. The summed E-state index contributed by atoms with van der Waals surface area (Å²) in [7, 11) is 1.62. The number of rotatable bonds is 6. The molecular weight excluding hydrogens is 186 g/mol. The number of esters is 1. The topological polar surface area (TPSA) is 59.0 Å². The van der Waals surface area contributed by atoms with Gasteiger partial charge in [0.25, 0.3) is 0 Å². The molecule has 1 saturated heterocycles. The molecule has 0 aromatic rings. The Morgan fingerprint density at radius 2 is 2.43 bits per heavy atom. The Kier molecular flexibility index (Phi) is 4.86. The molecule has 1 heterocycles. The molecule has 1 rings (SSSR count). The lowest BCUT2D eigenvalue weighted by Crippen LogP contribution is -2.42. The monoisotopic (exact) mass is 203 g/mol. The molecule has 5 heteroatoms. The van der Waals surface area contributed by atoms with Gasteiger partial charge in [-0.2, -0.15) is 0 Å². The van der Waals surface area contributed by atoms with E-state index in [4.69, 9.17) is 14.6 Å². The second-order valence-electron chi connectivity index (χ2n) is 3.22. The smallest absolute Gasteiger partial charge is 0.323 e. The number of methoxy groups -OCH3 is 1. The number of carbonyl (C=O) groups excluding carboxylic acids is 1. The second kappa shape index (κ2) is 5.95. The summed E-state index contributed by atoms with van der Waals surface area (Å²) < 4.78 is 9.81. The van der Waals surface area contributed by atoms with E-state index in [9.17, 15) is 4.79 Å². The van der Waals surface area contributed by atoms with Gasteiger partial charge in [0.05, 0.1) is 19.8 Å². The number of aliphatic hydroxyl groups excluding tert-OH is 1. The van der Waals surface area contributed by atoms with Gasteiger partial charge in [0.2, 0.25) is 0 Å². The minimum Gasteiger partial charge on any atom is -0.464 e. The van der Waals surface area contributed by atoms with Crippen molar-refractivity contribution in [3.63, 3.8) is 0 Å². The van der Waals surface area contributed by atoms with Gasteiger partial charge in [-0.15, -0.1) is 0 Å². The molecule has 82 valence electrons. The molecule has 0 radical (unpaired) electrons. The van der Waals surface area contributed by atoms with Crippen molar-refractivity contribution < 1.29 is 19.4 Å². The highest BCUT2D eigenvalue weighted by Gasteiger charge is 2.31. The highest BCUT2D eigenvalue weighted by Crippen LogP contribution is 2.13. The molecule has 0 saturated carbocycles. The number of nitrogens with zero attached hydrogens (tertiary/aromatic N) is 1. The van der Waals surface area contributed by atoms with Crippen LogP contribution in [-0.2, 0) is 14.3 Å². The molecule has 0 aliphatic carbocycles. The average molecular weight is 203 g/mol. The van der Waals surface area contributed by atoms with Crippen molar-refractivity contribution in [1.29, 1.82) is 0 Å². The van der Waals surface area contributed by atoms with Crippen LogP contribution in [0.5, 0.6) is 0 Å². The molecule has 1 unspecified atom stereocenters. The maximum Gasteiger partial charge on any atom is 0.323 e. The van der Waals surface area contributed by atoms with E-state index < -0.39 is 0 Å². The highest BCUT2D eigenvalue weighted by atomic mass is 16.5. The third-order valence-corrected chi connectivity index (χ3v) is 2.32. The van der Waals surface area contributed by atoms with Gasteiger partial charge in [0.15, 0.2) is 0 Å². The van der Waals surface area contributed by atoms with Crippen LogP contribution in [0.15, 0.2) is 0 Å². The zero-order valence-corrected chi connectivity index (χ0v) is 8.44. The summed E-state index contributed by atoms with van der Waals surface area (Å²) in [6.45, 7) is 2.23. The van der Waals surface area contributed by atoms with E-state index in [0.29, 0.717) is 32.7 Å². The van der Waals surface area contributed by atoms with Crippen LogP contribution in [0, 0.1) is 0 Å². The molecule has 1 aliphatic heterocycles.